The number of aldehydes is 1. The molecule has 0 saturated heterocycles. The van der Waals surface area contributed by atoms with Crippen LogP contribution >= 0.6 is 15.9 Å². The first kappa shape index (κ1) is 13.8. The largest absolute Gasteiger partial charge is 0.496 e. The van der Waals surface area contributed by atoms with Crippen LogP contribution in [-0.2, 0) is 10.4 Å². The van der Waals surface area contributed by atoms with Crippen LogP contribution in [0, 0.1) is 0 Å². The highest BCUT2D eigenvalue weighted by molar-refractivity contribution is 9.10. The van der Waals surface area contributed by atoms with Crippen molar-refractivity contribution in [2.75, 3.05) is 7.11 Å². The molecule has 4 heteroatoms. The second kappa shape index (κ2) is 5.55. The lowest BCUT2D eigenvalue weighted by molar-refractivity contribution is -0.121. The Balaban J connectivity index is 2.65. The summed E-state index contributed by atoms with van der Waals surface area (Å²) in [6.07, 6.45) is 0.520. The highest BCUT2D eigenvalue weighted by atomic mass is 79.9. The molecule has 0 heterocycles. The minimum Gasteiger partial charge on any atom is -0.496 e. The number of methoxy groups -OCH3 is 1. The number of hydrogen-bond donors (Lipinski definition) is 1. The summed E-state index contributed by atoms with van der Waals surface area (Å²) in [4.78, 5) is 11.5. The van der Waals surface area contributed by atoms with Crippen molar-refractivity contribution in [3.05, 3.63) is 64.1 Å². The molecule has 2 rings (SSSR count). The molecule has 0 aliphatic rings. The highest BCUT2D eigenvalue weighted by Gasteiger charge is 2.34. The quantitative estimate of drug-likeness (QED) is 0.881. The summed E-state index contributed by atoms with van der Waals surface area (Å²) in [7, 11) is 1.50. The minimum absolute atomic E-state index is 0.408. The number of halogens is 1. The average Bonchev–Trinajstić information content (AvgIpc) is 2.47. The van der Waals surface area contributed by atoms with Gasteiger partial charge in [-0.2, -0.15) is 0 Å². The van der Waals surface area contributed by atoms with Gasteiger partial charge in [-0.3, -0.25) is 4.79 Å². The highest BCUT2D eigenvalue weighted by Crippen LogP contribution is 2.35. The maximum absolute atomic E-state index is 11.5. The van der Waals surface area contributed by atoms with E-state index in [4.69, 9.17) is 4.74 Å². The normalized spacial score (nSPS) is 13.6. The van der Waals surface area contributed by atoms with Crippen LogP contribution in [0.4, 0.5) is 0 Å². The number of carbonyl (C=O) groups excluding carboxylic acids is 1. The molecule has 0 aliphatic carbocycles. The van der Waals surface area contributed by atoms with Crippen molar-refractivity contribution in [2.24, 2.45) is 0 Å². The van der Waals surface area contributed by atoms with Gasteiger partial charge in [-0.25, -0.2) is 0 Å². The summed E-state index contributed by atoms with van der Waals surface area (Å²) >= 11 is 3.34. The van der Waals surface area contributed by atoms with Crippen molar-refractivity contribution < 1.29 is 14.6 Å². The smallest absolute Gasteiger partial charge is 0.174 e. The molecule has 1 N–H and O–H groups in total. The van der Waals surface area contributed by atoms with E-state index in [0.29, 0.717) is 23.2 Å². The van der Waals surface area contributed by atoms with E-state index in [1.165, 1.54) is 7.11 Å². The summed E-state index contributed by atoms with van der Waals surface area (Å²) in [6, 6.07) is 14.0. The first-order valence-corrected chi connectivity index (χ1v) is 6.49. The fourth-order valence-electron chi connectivity index (χ4n) is 1.96. The number of carbonyl (C=O) groups is 1. The van der Waals surface area contributed by atoms with Gasteiger partial charge < -0.3 is 9.84 Å². The van der Waals surface area contributed by atoms with Crippen LogP contribution in [-0.4, -0.2) is 18.5 Å². The van der Waals surface area contributed by atoms with E-state index in [0.717, 1.165) is 4.47 Å². The average molecular weight is 321 g/mol. The third-order valence-electron chi connectivity index (χ3n) is 2.96. The van der Waals surface area contributed by atoms with Crippen molar-refractivity contribution in [3.63, 3.8) is 0 Å². The van der Waals surface area contributed by atoms with Crippen LogP contribution in [0.25, 0.3) is 0 Å². The minimum atomic E-state index is -1.73. The molecule has 0 radical (unpaired) electrons. The van der Waals surface area contributed by atoms with Crippen LogP contribution in [0.1, 0.15) is 11.1 Å². The summed E-state index contributed by atoms with van der Waals surface area (Å²) in [5.41, 5.74) is -0.817. The molecule has 1 atom stereocenters. The molecular formula is C15H13BrO3. The van der Waals surface area contributed by atoms with Crippen molar-refractivity contribution in [1.29, 1.82) is 0 Å². The molecule has 0 aromatic heterocycles. The van der Waals surface area contributed by atoms with Gasteiger partial charge in [0, 0.05) is 10.0 Å². The topological polar surface area (TPSA) is 46.5 Å². The van der Waals surface area contributed by atoms with E-state index < -0.39 is 5.60 Å². The fourth-order valence-corrected chi connectivity index (χ4v) is 2.32. The number of aliphatic hydroxyl groups is 1. The fraction of sp³-hybridized carbons (Fsp3) is 0.133. The monoisotopic (exact) mass is 320 g/mol. The Morgan fingerprint density at radius 2 is 1.89 bits per heavy atom. The molecule has 2 aromatic carbocycles. The van der Waals surface area contributed by atoms with Crippen molar-refractivity contribution >= 4 is 22.2 Å². The zero-order valence-electron chi connectivity index (χ0n) is 10.3. The molecule has 0 saturated carbocycles. The molecule has 98 valence electrons. The SMILES string of the molecule is COc1ccc(Br)cc1C(O)(C=O)c1ccccc1. The summed E-state index contributed by atoms with van der Waals surface area (Å²) in [5.74, 6) is 0.460. The zero-order chi connectivity index (χ0) is 13.9. The Bertz CT molecular complexity index is 583. The first-order valence-electron chi connectivity index (χ1n) is 5.70. The second-order valence-corrected chi connectivity index (χ2v) is 5.01. The van der Waals surface area contributed by atoms with Crippen molar-refractivity contribution in [1.82, 2.24) is 0 Å². The third kappa shape index (κ3) is 2.55. The van der Waals surface area contributed by atoms with Gasteiger partial charge in [0.1, 0.15) is 5.75 Å². The van der Waals surface area contributed by atoms with Gasteiger partial charge in [0.25, 0.3) is 0 Å². The van der Waals surface area contributed by atoms with Crippen LogP contribution in [0.15, 0.2) is 53.0 Å². The van der Waals surface area contributed by atoms with Gasteiger partial charge in [-0.1, -0.05) is 46.3 Å². The molecule has 2 aromatic rings. The van der Waals surface area contributed by atoms with E-state index in [9.17, 15) is 9.90 Å². The van der Waals surface area contributed by atoms with E-state index in [-0.39, 0.29) is 0 Å². The van der Waals surface area contributed by atoms with Gasteiger partial charge >= 0.3 is 0 Å². The van der Waals surface area contributed by atoms with Gasteiger partial charge in [-0.15, -0.1) is 0 Å². The molecular weight excluding hydrogens is 308 g/mol. The summed E-state index contributed by atoms with van der Waals surface area (Å²) in [6.45, 7) is 0. The van der Waals surface area contributed by atoms with Crippen molar-refractivity contribution in [3.8, 4) is 5.75 Å². The lowest BCUT2D eigenvalue weighted by Gasteiger charge is -2.25. The Kier molecular flexibility index (Phi) is 4.02. The molecule has 1 unspecified atom stereocenters. The Hall–Kier alpha value is -1.65. The van der Waals surface area contributed by atoms with Crippen LogP contribution in [0.2, 0.25) is 0 Å². The van der Waals surface area contributed by atoms with Gasteiger partial charge in [0.2, 0.25) is 0 Å². The number of ether oxygens (including phenoxy) is 1. The molecule has 0 spiro atoms. The third-order valence-corrected chi connectivity index (χ3v) is 3.45. The maximum Gasteiger partial charge on any atom is 0.174 e. The molecule has 3 nitrogen and oxygen atoms in total. The van der Waals surface area contributed by atoms with E-state index in [1.54, 1.807) is 42.5 Å². The van der Waals surface area contributed by atoms with Gasteiger partial charge in [0.05, 0.1) is 7.11 Å². The Morgan fingerprint density at radius 3 is 2.47 bits per heavy atom. The summed E-state index contributed by atoms with van der Waals surface area (Å²) in [5, 5.41) is 10.7. The maximum atomic E-state index is 11.5. The lowest BCUT2D eigenvalue weighted by Crippen LogP contribution is -2.29. The number of benzene rings is 2. The standard InChI is InChI=1S/C15H13BrO3/c1-19-14-8-7-12(16)9-13(14)15(18,10-17)11-5-3-2-4-6-11/h2-10,18H,1H3. The molecule has 0 bridgehead atoms. The van der Waals surface area contributed by atoms with E-state index >= 15 is 0 Å². The van der Waals surface area contributed by atoms with Crippen LogP contribution in [0.5, 0.6) is 5.75 Å². The predicted octanol–water partition coefficient (Wildman–Crippen LogP) is 2.89. The Morgan fingerprint density at radius 1 is 1.21 bits per heavy atom. The predicted molar refractivity (Wildman–Crippen MR) is 76.2 cm³/mol. The van der Waals surface area contributed by atoms with Crippen LogP contribution < -0.4 is 4.74 Å². The number of hydrogen-bond acceptors (Lipinski definition) is 3. The van der Waals surface area contributed by atoms with Gasteiger partial charge in [-0.05, 0) is 23.8 Å². The van der Waals surface area contributed by atoms with Crippen LogP contribution in [0.3, 0.4) is 0 Å². The first-order chi connectivity index (χ1) is 9.11. The molecule has 0 aliphatic heterocycles. The molecule has 0 fully saturated rings. The zero-order valence-corrected chi connectivity index (χ0v) is 11.9. The van der Waals surface area contributed by atoms with Gasteiger partial charge in [0.15, 0.2) is 11.9 Å². The molecule has 0 amide bonds. The Labute approximate surface area is 120 Å². The molecule has 19 heavy (non-hydrogen) atoms. The second-order valence-electron chi connectivity index (χ2n) is 4.09. The summed E-state index contributed by atoms with van der Waals surface area (Å²) < 4.78 is 5.99. The van der Waals surface area contributed by atoms with Crippen molar-refractivity contribution in [2.45, 2.75) is 5.60 Å². The number of rotatable bonds is 4. The van der Waals surface area contributed by atoms with E-state index in [2.05, 4.69) is 15.9 Å². The lowest BCUT2D eigenvalue weighted by atomic mass is 9.87. The van der Waals surface area contributed by atoms with E-state index in [1.807, 2.05) is 6.07 Å².